The van der Waals surface area contributed by atoms with Crippen molar-refractivity contribution in [1.29, 1.82) is 0 Å². The van der Waals surface area contributed by atoms with Gasteiger partial charge in [0.2, 0.25) is 0 Å². The Morgan fingerprint density at radius 3 is 2.94 bits per heavy atom. The Hall–Kier alpha value is -0.800. The summed E-state index contributed by atoms with van der Waals surface area (Å²) in [6.45, 7) is 3.15. The molecule has 1 aromatic rings. The molecular formula is C14H22N2O. The van der Waals surface area contributed by atoms with E-state index >= 15 is 0 Å². The van der Waals surface area contributed by atoms with Crippen LogP contribution in [0.2, 0.25) is 0 Å². The fraction of sp³-hybridized carbons (Fsp3) is 0.714. The Kier molecular flexibility index (Phi) is 2.97. The van der Waals surface area contributed by atoms with Gasteiger partial charge in [-0.3, -0.25) is 0 Å². The van der Waals surface area contributed by atoms with Gasteiger partial charge in [0, 0.05) is 25.0 Å². The molecule has 0 spiro atoms. The number of aromatic nitrogens is 1. The molecule has 3 rings (SSSR count). The van der Waals surface area contributed by atoms with Crippen LogP contribution in [0.5, 0.6) is 0 Å². The molecule has 0 bridgehead atoms. The largest absolute Gasteiger partial charge is 0.373 e. The van der Waals surface area contributed by atoms with Crippen LogP contribution in [0.4, 0.5) is 0 Å². The number of nitrogens with two attached hydrogens (primary N) is 1. The summed E-state index contributed by atoms with van der Waals surface area (Å²) >= 11 is 0. The van der Waals surface area contributed by atoms with Crippen LogP contribution in [0.15, 0.2) is 12.4 Å². The van der Waals surface area contributed by atoms with Crippen molar-refractivity contribution in [3.8, 4) is 0 Å². The lowest BCUT2D eigenvalue weighted by molar-refractivity contribution is 0.0458. The van der Waals surface area contributed by atoms with Gasteiger partial charge >= 0.3 is 0 Å². The monoisotopic (exact) mass is 234 g/mol. The lowest BCUT2D eigenvalue weighted by Crippen LogP contribution is -2.16. The maximum Gasteiger partial charge on any atom is 0.0758 e. The average molecular weight is 234 g/mol. The van der Waals surface area contributed by atoms with Gasteiger partial charge in [0.25, 0.3) is 0 Å². The van der Waals surface area contributed by atoms with Gasteiger partial charge in [0.15, 0.2) is 0 Å². The van der Waals surface area contributed by atoms with Crippen LogP contribution < -0.4 is 5.73 Å². The Bertz CT molecular complexity index is 399. The summed E-state index contributed by atoms with van der Waals surface area (Å²) in [7, 11) is 0. The Labute approximate surface area is 103 Å². The third-order valence-corrected chi connectivity index (χ3v) is 4.09. The van der Waals surface area contributed by atoms with Crippen molar-refractivity contribution < 1.29 is 4.74 Å². The fourth-order valence-corrected chi connectivity index (χ4v) is 3.14. The Morgan fingerprint density at radius 2 is 2.24 bits per heavy atom. The van der Waals surface area contributed by atoms with Crippen molar-refractivity contribution >= 4 is 0 Å². The van der Waals surface area contributed by atoms with E-state index in [-0.39, 0.29) is 6.04 Å². The van der Waals surface area contributed by atoms with Gasteiger partial charge in [-0.2, -0.15) is 0 Å². The van der Waals surface area contributed by atoms with Crippen LogP contribution in [0.25, 0.3) is 0 Å². The summed E-state index contributed by atoms with van der Waals surface area (Å²) in [5, 5.41) is 0. The molecule has 3 heteroatoms. The summed E-state index contributed by atoms with van der Waals surface area (Å²) in [5.41, 5.74) is 8.96. The first-order valence-corrected chi connectivity index (χ1v) is 6.82. The summed E-state index contributed by atoms with van der Waals surface area (Å²) < 4.78 is 8.16. The number of aryl methyl sites for hydroxylation is 1. The molecule has 0 aromatic carbocycles. The lowest BCUT2D eigenvalue weighted by atomic mass is 9.92. The van der Waals surface area contributed by atoms with E-state index in [2.05, 4.69) is 23.9 Å². The number of rotatable bonds is 2. The van der Waals surface area contributed by atoms with E-state index < -0.39 is 0 Å². The van der Waals surface area contributed by atoms with E-state index in [4.69, 9.17) is 10.5 Å². The van der Waals surface area contributed by atoms with Gasteiger partial charge in [0.05, 0.1) is 12.2 Å². The molecule has 94 valence electrons. The van der Waals surface area contributed by atoms with Crippen molar-refractivity contribution in [3.05, 3.63) is 23.5 Å². The predicted molar refractivity (Wildman–Crippen MR) is 67.9 cm³/mol. The number of hydrogen-bond donors (Lipinski definition) is 1. The summed E-state index contributed by atoms with van der Waals surface area (Å²) in [6, 6.07) is 0.253. The molecule has 0 radical (unpaired) electrons. The first-order valence-electron chi connectivity index (χ1n) is 6.82. The summed E-state index contributed by atoms with van der Waals surface area (Å²) in [4.78, 5) is 0. The van der Waals surface area contributed by atoms with E-state index in [1.165, 1.54) is 36.8 Å². The third-order valence-electron chi connectivity index (χ3n) is 4.09. The highest BCUT2D eigenvalue weighted by Gasteiger charge is 2.24. The summed E-state index contributed by atoms with van der Waals surface area (Å²) in [5.74, 6) is 0. The van der Waals surface area contributed by atoms with Crippen LogP contribution in [-0.4, -0.2) is 16.8 Å². The van der Waals surface area contributed by atoms with Gasteiger partial charge in [0.1, 0.15) is 0 Å². The van der Waals surface area contributed by atoms with Gasteiger partial charge in [-0.05, 0) is 50.2 Å². The Morgan fingerprint density at radius 1 is 1.35 bits per heavy atom. The smallest absolute Gasteiger partial charge is 0.0758 e. The van der Waals surface area contributed by atoms with Crippen molar-refractivity contribution in [2.45, 2.75) is 63.8 Å². The quantitative estimate of drug-likeness (QED) is 0.853. The molecule has 2 heterocycles. The highest BCUT2D eigenvalue weighted by Crippen LogP contribution is 2.29. The molecule has 0 amide bonds. The van der Waals surface area contributed by atoms with Crippen molar-refractivity contribution in [1.82, 2.24) is 4.57 Å². The second kappa shape index (κ2) is 4.46. The number of fused-ring (bicyclic) bond motifs is 1. The molecule has 17 heavy (non-hydrogen) atoms. The van der Waals surface area contributed by atoms with E-state index in [1.807, 2.05) is 0 Å². The molecule has 1 aliphatic carbocycles. The van der Waals surface area contributed by atoms with Crippen molar-refractivity contribution in [2.75, 3.05) is 0 Å². The first-order chi connectivity index (χ1) is 8.22. The highest BCUT2D eigenvalue weighted by atomic mass is 16.5. The highest BCUT2D eigenvalue weighted by molar-refractivity contribution is 5.29. The first kappa shape index (κ1) is 11.3. The number of nitrogens with zero attached hydrogens (tertiary/aromatic N) is 1. The lowest BCUT2D eigenvalue weighted by Gasteiger charge is -2.17. The molecule has 1 aliphatic heterocycles. The van der Waals surface area contributed by atoms with Gasteiger partial charge in [-0.25, -0.2) is 0 Å². The molecule has 1 fully saturated rings. The van der Waals surface area contributed by atoms with E-state index in [0.717, 1.165) is 13.0 Å². The predicted octanol–water partition coefficient (Wildman–Crippen LogP) is 2.39. The van der Waals surface area contributed by atoms with E-state index in [0.29, 0.717) is 12.2 Å². The van der Waals surface area contributed by atoms with Crippen LogP contribution in [0.3, 0.4) is 0 Å². The van der Waals surface area contributed by atoms with Crippen LogP contribution in [0, 0.1) is 0 Å². The molecule has 3 nitrogen and oxygen atoms in total. The Balaban J connectivity index is 1.72. The maximum atomic E-state index is 6.15. The van der Waals surface area contributed by atoms with Crippen LogP contribution >= 0.6 is 0 Å². The molecule has 1 aromatic heterocycles. The molecule has 2 N–H and O–H groups in total. The van der Waals surface area contributed by atoms with Crippen molar-refractivity contribution in [2.24, 2.45) is 5.73 Å². The number of hydrogen-bond acceptors (Lipinski definition) is 2. The maximum absolute atomic E-state index is 6.15. The molecule has 2 aliphatic rings. The fourth-order valence-electron chi connectivity index (χ4n) is 3.14. The molecular weight excluding hydrogens is 212 g/mol. The zero-order valence-corrected chi connectivity index (χ0v) is 10.6. The second-order valence-corrected chi connectivity index (χ2v) is 5.58. The minimum atomic E-state index is 0.253. The zero-order valence-electron chi connectivity index (χ0n) is 10.6. The summed E-state index contributed by atoms with van der Waals surface area (Å²) in [6.07, 6.45) is 11.3. The zero-order chi connectivity index (χ0) is 11.8. The molecule has 3 atom stereocenters. The molecule has 1 saturated heterocycles. The van der Waals surface area contributed by atoms with E-state index in [1.54, 1.807) is 0 Å². The third kappa shape index (κ3) is 2.26. The normalized spacial score (nSPS) is 32.7. The SMILES string of the molecule is CC1CCC(Cn2cc3c(c2)C(N)CCC3)O1. The number of ether oxygens (including phenoxy) is 1. The minimum Gasteiger partial charge on any atom is -0.373 e. The molecule has 0 saturated carbocycles. The topological polar surface area (TPSA) is 40.2 Å². The van der Waals surface area contributed by atoms with Gasteiger partial charge < -0.3 is 15.0 Å². The van der Waals surface area contributed by atoms with Crippen molar-refractivity contribution in [3.63, 3.8) is 0 Å². The standard InChI is InChI=1S/C14H22N2O/c1-10-5-6-12(17-10)8-16-7-11-3-2-4-14(15)13(11)9-16/h7,9-10,12,14H,2-6,8,15H2,1H3. The average Bonchev–Trinajstić information content (AvgIpc) is 2.86. The minimum absolute atomic E-state index is 0.253. The van der Waals surface area contributed by atoms with Gasteiger partial charge in [-0.1, -0.05) is 0 Å². The van der Waals surface area contributed by atoms with Crippen LogP contribution in [0.1, 0.15) is 49.8 Å². The molecule has 3 unspecified atom stereocenters. The van der Waals surface area contributed by atoms with Crippen LogP contribution in [-0.2, 0) is 17.7 Å². The van der Waals surface area contributed by atoms with Gasteiger partial charge in [-0.15, -0.1) is 0 Å². The second-order valence-electron chi connectivity index (χ2n) is 5.58. The van der Waals surface area contributed by atoms with E-state index in [9.17, 15) is 0 Å².